The molecule has 2 aliphatic heterocycles. The molecule has 0 amide bonds. The van der Waals surface area contributed by atoms with Gasteiger partial charge in [0.15, 0.2) is 17.1 Å². The molecule has 5 aliphatic rings. The lowest BCUT2D eigenvalue weighted by atomic mass is 9.51. The van der Waals surface area contributed by atoms with Crippen LogP contribution < -0.4 is 10.3 Å². The van der Waals surface area contributed by atoms with Crippen LogP contribution >= 0.6 is 0 Å². The summed E-state index contributed by atoms with van der Waals surface area (Å²) in [7, 11) is 0. The number of carbonyl (C=O) groups is 5. The fourth-order valence-electron chi connectivity index (χ4n) is 9.35. The zero-order chi connectivity index (χ0) is 38.5. The van der Waals surface area contributed by atoms with E-state index in [4.69, 9.17) is 23.1 Å². The summed E-state index contributed by atoms with van der Waals surface area (Å²) in [4.78, 5) is 73.0. The number of rotatable bonds is 4. The summed E-state index contributed by atoms with van der Waals surface area (Å²) in [5.74, 6) is -1.78. The van der Waals surface area contributed by atoms with Crippen LogP contribution in [0.2, 0.25) is 0 Å². The van der Waals surface area contributed by atoms with Crippen molar-refractivity contribution in [3.05, 3.63) is 99.1 Å². The van der Waals surface area contributed by atoms with Gasteiger partial charge in [0.25, 0.3) is 0 Å². The number of fused-ring (bicyclic) bond motifs is 4. The number of hydrogen-bond acceptors (Lipinski definition) is 11. The van der Waals surface area contributed by atoms with Crippen LogP contribution in [0.3, 0.4) is 0 Å². The molecule has 3 aliphatic carbocycles. The van der Waals surface area contributed by atoms with Crippen LogP contribution in [0.25, 0.3) is 22.1 Å². The second kappa shape index (κ2) is 14.0. The fourth-order valence-corrected chi connectivity index (χ4v) is 9.35. The van der Waals surface area contributed by atoms with Gasteiger partial charge in [0, 0.05) is 53.6 Å². The minimum Gasteiger partial charge on any atom is -0.481 e. The van der Waals surface area contributed by atoms with Gasteiger partial charge in [-0.05, 0) is 49.8 Å². The van der Waals surface area contributed by atoms with Crippen LogP contribution in [0.1, 0.15) is 72.9 Å². The third-order valence-corrected chi connectivity index (χ3v) is 12.0. The number of benzene rings is 2. The summed E-state index contributed by atoms with van der Waals surface area (Å²) in [5.41, 5.74) is 2.97. The molecule has 12 heteroatoms. The van der Waals surface area contributed by atoms with E-state index in [2.05, 4.69) is 4.90 Å². The molecule has 9 rings (SSSR count). The van der Waals surface area contributed by atoms with E-state index in [-0.39, 0.29) is 40.7 Å². The molecule has 5 atom stereocenters. The van der Waals surface area contributed by atoms with Crippen molar-refractivity contribution in [2.45, 2.75) is 58.0 Å². The molecule has 2 aromatic heterocycles. The maximum atomic E-state index is 13.6. The highest BCUT2D eigenvalue weighted by atomic mass is 16.5. The third kappa shape index (κ3) is 5.71. The molecule has 2 aromatic carbocycles. The van der Waals surface area contributed by atoms with Crippen molar-refractivity contribution in [2.24, 2.45) is 17.3 Å². The Morgan fingerprint density at radius 1 is 0.981 bits per heavy atom. The first-order valence-electron chi connectivity index (χ1n) is 18.0. The number of hydrogen-bond donors (Lipinski definition) is 1. The number of ether oxygens (including phenoxy) is 2. The monoisotopic (exact) mass is 735 g/mol. The van der Waals surface area contributed by atoms with Gasteiger partial charge in [0.05, 0.1) is 30.4 Å². The predicted octanol–water partition coefficient (Wildman–Crippen LogP) is 6.18. The fraction of sp³-hybridized carbons (Fsp3) is 0.381. The van der Waals surface area contributed by atoms with Crippen LogP contribution in [0.15, 0.2) is 85.6 Å². The van der Waals surface area contributed by atoms with Crippen LogP contribution in [0.5, 0.6) is 0 Å². The number of para-hydroxylation sites is 1. The minimum atomic E-state index is -0.982. The number of aliphatic carboxylic acids is 1. The van der Waals surface area contributed by atoms with E-state index >= 15 is 0 Å². The first-order valence-corrected chi connectivity index (χ1v) is 18.0. The summed E-state index contributed by atoms with van der Waals surface area (Å²) in [5, 5.41) is 10.2. The maximum Gasteiger partial charge on any atom is 0.342 e. The summed E-state index contributed by atoms with van der Waals surface area (Å²) >= 11 is 0. The molecule has 0 radical (unpaired) electrons. The minimum absolute atomic E-state index is 0.00878. The first kappa shape index (κ1) is 36.7. The van der Waals surface area contributed by atoms with Gasteiger partial charge in [-0.2, -0.15) is 0 Å². The second-order valence-corrected chi connectivity index (χ2v) is 14.8. The number of nitrogens with zero attached hydrogens (tertiary/aromatic N) is 1. The smallest absolute Gasteiger partial charge is 0.342 e. The average Bonchev–Trinajstić information content (AvgIpc) is 3.76. The zero-order valence-corrected chi connectivity index (χ0v) is 30.3. The van der Waals surface area contributed by atoms with Crippen molar-refractivity contribution in [1.82, 2.24) is 0 Å². The molecule has 280 valence electrons. The number of carboxylic acids is 1. The van der Waals surface area contributed by atoms with E-state index < -0.39 is 34.8 Å². The highest BCUT2D eigenvalue weighted by Crippen LogP contribution is 2.62. The van der Waals surface area contributed by atoms with Gasteiger partial charge in [-0.25, -0.2) is 4.79 Å². The van der Waals surface area contributed by atoms with E-state index in [1.807, 2.05) is 69.2 Å². The predicted molar refractivity (Wildman–Crippen MR) is 197 cm³/mol. The van der Waals surface area contributed by atoms with Crippen LogP contribution in [-0.4, -0.2) is 67.8 Å². The lowest BCUT2D eigenvalue weighted by Crippen LogP contribution is -2.53. The Labute approximate surface area is 310 Å². The molecule has 2 fully saturated rings. The highest BCUT2D eigenvalue weighted by Gasteiger charge is 2.63. The standard InChI is InChI=1S/C22H22O7.C19H17NO3.CH2O/c1-9-22(3)16-10(6-14(24)25)7-21(2)12(4-5-13(21)23)15(16)18(26)19-17(22)11(8-28-19)20(27)29-9;21-17-13-18(20-9-11-22-12-10-20)23-19-15(7-4-8-16(17)19)14-5-2-1-3-6-14;1-2/h8-10,12H,4-7H2,1-3H3,(H,24,25);1-8,13H,9-12H2;1H2/t9-,10-,12?,21+,22-;;/m1../s1. The number of cyclic esters (lactones) is 1. The Kier molecular flexibility index (Phi) is 9.51. The number of anilines is 1. The van der Waals surface area contributed by atoms with Crippen molar-refractivity contribution in [3.8, 4) is 11.1 Å². The average molecular weight is 736 g/mol. The van der Waals surface area contributed by atoms with Crippen LogP contribution in [0.4, 0.5) is 5.88 Å². The molecule has 0 spiro atoms. The topological polar surface area (TPSA) is 171 Å². The molecule has 1 N–H and O–H groups in total. The molecule has 1 saturated carbocycles. The lowest BCUT2D eigenvalue weighted by molar-refractivity contribution is -0.139. The largest absolute Gasteiger partial charge is 0.481 e. The Bertz CT molecular complexity index is 2260. The van der Waals surface area contributed by atoms with Gasteiger partial charge >= 0.3 is 11.9 Å². The Hall–Kier alpha value is -5.62. The van der Waals surface area contributed by atoms with E-state index in [1.54, 1.807) is 13.0 Å². The quantitative estimate of drug-likeness (QED) is 0.237. The maximum absolute atomic E-state index is 13.6. The molecule has 12 nitrogen and oxygen atoms in total. The van der Waals surface area contributed by atoms with E-state index in [1.165, 1.54) is 6.26 Å². The van der Waals surface area contributed by atoms with E-state index in [0.29, 0.717) is 60.5 Å². The second-order valence-electron chi connectivity index (χ2n) is 14.8. The number of furan rings is 1. The first-order chi connectivity index (χ1) is 25.9. The summed E-state index contributed by atoms with van der Waals surface area (Å²) in [6.45, 7) is 10.3. The Morgan fingerprint density at radius 3 is 2.41 bits per heavy atom. The number of carboxylic acid groups (broad SMARTS) is 1. The molecular formula is C42H41NO11. The van der Waals surface area contributed by atoms with E-state index in [0.717, 1.165) is 29.8 Å². The zero-order valence-electron chi connectivity index (χ0n) is 30.3. The summed E-state index contributed by atoms with van der Waals surface area (Å²) in [6, 6.07) is 17.3. The molecule has 1 saturated heterocycles. The van der Waals surface area contributed by atoms with Crippen LogP contribution in [-0.2, 0) is 29.3 Å². The summed E-state index contributed by atoms with van der Waals surface area (Å²) < 4.78 is 22.7. The third-order valence-electron chi connectivity index (χ3n) is 12.0. The van der Waals surface area contributed by atoms with Gasteiger partial charge < -0.3 is 33.1 Å². The van der Waals surface area contributed by atoms with Crippen molar-refractivity contribution in [2.75, 3.05) is 31.2 Å². The number of morpholine rings is 1. The Morgan fingerprint density at radius 2 is 1.70 bits per heavy atom. The van der Waals surface area contributed by atoms with Crippen molar-refractivity contribution >= 4 is 47.1 Å². The molecule has 1 unspecified atom stereocenters. The number of esters is 1. The van der Waals surface area contributed by atoms with Gasteiger partial charge in [0.2, 0.25) is 5.78 Å². The molecule has 0 bridgehead atoms. The van der Waals surface area contributed by atoms with Gasteiger partial charge in [-0.3, -0.25) is 19.2 Å². The van der Waals surface area contributed by atoms with Gasteiger partial charge in [0.1, 0.15) is 36.1 Å². The van der Waals surface area contributed by atoms with Crippen molar-refractivity contribution < 1.29 is 47.4 Å². The normalized spacial score (nSPS) is 26.8. The number of allylic oxidation sites excluding steroid dienone is 1. The van der Waals surface area contributed by atoms with E-state index in [9.17, 15) is 29.1 Å². The highest BCUT2D eigenvalue weighted by molar-refractivity contribution is 6.14. The SMILES string of the molecule is C=O.C[C@H]1OC(=O)c2coc3c2[C@@]1(C)C1=C(C3=O)C2CCC(=O)[C@@]2(C)C[C@H]1CC(=O)O.O=c1cc(N2CCOCC2)oc2c(-c3ccccc3)cccc12. The molecular weight excluding hydrogens is 694 g/mol. The van der Waals surface area contributed by atoms with Crippen molar-refractivity contribution in [1.29, 1.82) is 0 Å². The summed E-state index contributed by atoms with van der Waals surface area (Å²) in [6.07, 6.45) is 1.82. The number of Topliss-reactive ketones (excluding diaryl/α,β-unsaturated/α-hetero) is 2. The number of carbonyl (C=O) groups excluding carboxylic acids is 4. The van der Waals surface area contributed by atoms with Crippen molar-refractivity contribution in [3.63, 3.8) is 0 Å². The number of ketones is 2. The van der Waals surface area contributed by atoms with Crippen LogP contribution in [0, 0.1) is 17.3 Å². The molecule has 4 heterocycles. The lowest BCUT2D eigenvalue weighted by Gasteiger charge is -2.52. The molecule has 54 heavy (non-hydrogen) atoms. The molecule has 4 aromatic rings. The Balaban J connectivity index is 0.000000163. The van der Waals surface area contributed by atoms with Gasteiger partial charge in [-0.1, -0.05) is 49.4 Å². The van der Waals surface area contributed by atoms with Gasteiger partial charge in [-0.15, -0.1) is 0 Å².